The van der Waals surface area contributed by atoms with Crippen molar-refractivity contribution in [2.45, 2.75) is 13.8 Å². The van der Waals surface area contributed by atoms with Crippen LogP contribution in [0.25, 0.3) is 5.69 Å². The van der Waals surface area contributed by atoms with Crippen molar-refractivity contribution in [3.8, 4) is 17.2 Å². The lowest BCUT2D eigenvalue weighted by Crippen LogP contribution is -2.17. The average molecular weight is 427 g/mol. The van der Waals surface area contributed by atoms with E-state index in [0.29, 0.717) is 36.5 Å². The number of nitrogens with one attached hydrogen (secondary N) is 1. The van der Waals surface area contributed by atoms with Gasteiger partial charge in [0.05, 0.1) is 16.8 Å². The van der Waals surface area contributed by atoms with E-state index in [0.717, 1.165) is 17.4 Å². The van der Waals surface area contributed by atoms with Crippen LogP contribution >= 0.6 is 0 Å². The van der Waals surface area contributed by atoms with Crippen LogP contribution in [0.4, 0.5) is 14.5 Å². The zero-order valence-corrected chi connectivity index (χ0v) is 16.8. The zero-order chi connectivity index (χ0) is 22.3. The van der Waals surface area contributed by atoms with Gasteiger partial charge in [-0.2, -0.15) is 0 Å². The average Bonchev–Trinajstić information content (AvgIpc) is 3.03. The number of carbonyl (C=O) groups is 2. The summed E-state index contributed by atoms with van der Waals surface area (Å²) in [5.74, 6) is -2.54. The van der Waals surface area contributed by atoms with Crippen LogP contribution < -0.4 is 20.5 Å². The Morgan fingerprint density at radius 2 is 1.68 bits per heavy atom. The van der Waals surface area contributed by atoms with E-state index < -0.39 is 29.0 Å². The van der Waals surface area contributed by atoms with E-state index in [1.807, 2.05) is 23.6 Å². The molecule has 160 valence electrons. The van der Waals surface area contributed by atoms with Crippen molar-refractivity contribution >= 4 is 17.5 Å². The van der Waals surface area contributed by atoms with Crippen molar-refractivity contribution in [1.29, 1.82) is 0 Å². The molecule has 9 heteroatoms. The zero-order valence-electron chi connectivity index (χ0n) is 16.8. The first-order chi connectivity index (χ1) is 14.8. The van der Waals surface area contributed by atoms with Gasteiger partial charge in [-0.15, -0.1) is 0 Å². The maximum Gasteiger partial charge on any atom is 0.257 e. The molecule has 3 N–H and O–H groups in total. The van der Waals surface area contributed by atoms with Gasteiger partial charge < -0.3 is 25.1 Å². The first kappa shape index (κ1) is 20.4. The number of amides is 2. The van der Waals surface area contributed by atoms with Gasteiger partial charge in [0.2, 0.25) is 0 Å². The van der Waals surface area contributed by atoms with Crippen LogP contribution in [0.2, 0.25) is 0 Å². The highest BCUT2D eigenvalue weighted by Gasteiger charge is 2.21. The predicted octanol–water partition coefficient (Wildman–Crippen LogP) is 3.49. The monoisotopic (exact) mass is 427 g/mol. The maximum atomic E-state index is 14.1. The van der Waals surface area contributed by atoms with Gasteiger partial charge in [-0.3, -0.25) is 9.59 Å². The number of fused-ring (bicyclic) bond motifs is 1. The number of rotatable bonds is 4. The number of aromatic nitrogens is 1. The third-order valence-corrected chi connectivity index (χ3v) is 5.03. The Kier molecular flexibility index (Phi) is 5.10. The summed E-state index contributed by atoms with van der Waals surface area (Å²) in [6, 6.07) is 8.49. The number of primary amides is 1. The Bertz CT molecular complexity index is 1220. The van der Waals surface area contributed by atoms with Crippen molar-refractivity contribution < 1.29 is 27.8 Å². The number of carbonyl (C=O) groups excluding carboxylic acids is 2. The third-order valence-electron chi connectivity index (χ3n) is 5.03. The summed E-state index contributed by atoms with van der Waals surface area (Å²) in [4.78, 5) is 24.2. The number of hydrogen-bond donors (Lipinski definition) is 2. The smallest absolute Gasteiger partial charge is 0.257 e. The maximum absolute atomic E-state index is 14.1. The lowest BCUT2D eigenvalue weighted by Gasteiger charge is -2.20. The van der Waals surface area contributed by atoms with Crippen LogP contribution in [0.3, 0.4) is 0 Å². The number of benzene rings is 2. The number of nitrogens with zero attached hydrogens (tertiary/aromatic N) is 1. The van der Waals surface area contributed by atoms with Gasteiger partial charge in [-0.25, -0.2) is 8.78 Å². The van der Waals surface area contributed by atoms with E-state index in [9.17, 15) is 18.4 Å². The molecule has 2 aromatic carbocycles. The van der Waals surface area contributed by atoms with E-state index in [4.69, 9.17) is 15.2 Å². The summed E-state index contributed by atoms with van der Waals surface area (Å²) in [6.07, 6.45) is 0. The minimum atomic E-state index is -1.10. The number of nitrogens with two attached hydrogens (primary N) is 1. The van der Waals surface area contributed by atoms with Gasteiger partial charge in [-0.1, -0.05) is 0 Å². The molecule has 0 radical (unpaired) electrons. The Morgan fingerprint density at radius 1 is 0.968 bits per heavy atom. The lowest BCUT2D eigenvalue weighted by molar-refractivity contribution is 0.0992. The Morgan fingerprint density at radius 3 is 2.39 bits per heavy atom. The van der Waals surface area contributed by atoms with Crippen LogP contribution in [-0.4, -0.2) is 29.6 Å². The summed E-state index contributed by atoms with van der Waals surface area (Å²) in [5, 5.41) is 2.39. The van der Waals surface area contributed by atoms with E-state index >= 15 is 0 Å². The van der Waals surface area contributed by atoms with Gasteiger partial charge in [0, 0.05) is 29.2 Å². The standard InChI is InChI=1S/C22H19F2N3O4/c1-11-7-14(22(29)26-18-9-15(21(25)28)16(23)10-17(18)24)12(2)27(11)13-3-4-19-20(8-13)31-6-5-30-19/h3-4,7-10H,5-6H2,1-2H3,(H2,25,28)(H,26,29). The SMILES string of the molecule is Cc1cc(C(=O)Nc2cc(C(N)=O)c(F)cc2F)c(C)n1-c1ccc2c(c1)OCCO2. The summed E-state index contributed by atoms with van der Waals surface area (Å²) in [6.45, 7) is 4.50. The number of halogens is 2. The molecule has 1 aliphatic heterocycles. The van der Waals surface area contributed by atoms with Gasteiger partial charge in [0.25, 0.3) is 11.8 Å². The van der Waals surface area contributed by atoms with Crippen molar-refractivity contribution in [2.75, 3.05) is 18.5 Å². The Balaban J connectivity index is 1.67. The molecule has 0 atom stereocenters. The molecule has 3 aromatic rings. The molecule has 0 saturated carbocycles. The molecular formula is C22H19F2N3O4. The predicted molar refractivity (Wildman–Crippen MR) is 109 cm³/mol. The highest BCUT2D eigenvalue weighted by atomic mass is 19.1. The fourth-order valence-corrected chi connectivity index (χ4v) is 3.58. The summed E-state index contributed by atoms with van der Waals surface area (Å²) in [5.41, 5.74) is 6.66. The summed E-state index contributed by atoms with van der Waals surface area (Å²) in [7, 11) is 0. The minimum Gasteiger partial charge on any atom is -0.486 e. The van der Waals surface area contributed by atoms with E-state index in [-0.39, 0.29) is 11.3 Å². The molecule has 0 fully saturated rings. The quantitative estimate of drug-likeness (QED) is 0.666. The van der Waals surface area contributed by atoms with Gasteiger partial charge >= 0.3 is 0 Å². The first-order valence-electron chi connectivity index (χ1n) is 9.45. The van der Waals surface area contributed by atoms with E-state index in [1.54, 1.807) is 19.1 Å². The molecule has 2 amide bonds. The van der Waals surface area contributed by atoms with Crippen LogP contribution in [0.15, 0.2) is 36.4 Å². The molecule has 0 saturated heterocycles. The van der Waals surface area contributed by atoms with Crippen molar-refractivity contribution in [3.05, 3.63) is 70.5 Å². The van der Waals surface area contributed by atoms with Gasteiger partial charge in [0.15, 0.2) is 11.5 Å². The van der Waals surface area contributed by atoms with Gasteiger partial charge in [0.1, 0.15) is 24.8 Å². The normalized spacial score (nSPS) is 12.5. The van der Waals surface area contributed by atoms with E-state index in [1.165, 1.54) is 0 Å². The van der Waals surface area contributed by atoms with Crippen LogP contribution in [0.5, 0.6) is 11.5 Å². The fourth-order valence-electron chi connectivity index (χ4n) is 3.58. The molecule has 1 aliphatic rings. The molecule has 2 heterocycles. The largest absolute Gasteiger partial charge is 0.486 e. The van der Waals surface area contributed by atoms with Crippen LogP contribution in [0.1, 0.15) is 32.1 Å². The molecule has 4 rings (SSSR count). The third kappa shape index (κ3) is 3.70. The summed E-state index contributed by atoms with van der Waals surface area (Å²) < 4.78 is 40.8. The second kappa shape index (κ2) is 7.75. The molecule has 1 aromatic heterocycles. The number of anilines is 1. The Labute approximate surface area is 176 Å². The van der Waals surface area contributed by atoms with Crippen molar-refractivity contribution in [3.63, 3.8) is 0 Å². The van der Waals surface area contributed by atoms with E-state index in [2.05, 4.69) is 5.32 Å². The van der Waals surface area contributed by atoms with Crippen LogP contribution in [-0.2, 0) is 0 Å². The highest BCUT2D eigenvalue weighted by Crippen LogP contribution is 2.33. The van der Waals surface area contributed by atoms with Crippen molar-refractivity contribution in [1.82, 2.24) is 4.57 Å². The molecule has 0 spiro atoms. The molecule has 0 bridgehead atoms. The fraction of sp³-hybridized carbons (Fsp3) is 0.182. The lowest BCUT2D eigenvalue weighted by atomic mass is 10.1. The molecule has 0 aliphatic carbocycles. The van der Waals surface area contributed by atoms with Crippen LogP contribution in [0, 0.1) is 25.5 Å². The van der Waals surface area contributed by atoms with Gasteiger partial charge in [-0.05, 0) is 38.1 Å². The molecular weight excluding hydrogens is 408 g/mol. The summed E-state index contributed by atoms with van der Waals surface area (Å²) >= 11 is 0. The highest BCUT2D eigenvalue weighted by molar-refractivity contribution is 6.06. The topological polar surface area (TPSA) is 95.6 Å². The second-order valence-corrected chi connectivity index (χ2v) is 7.08. The number of aryl methyl sites for hydroxylation is 1. The second-order valence-electron chi connectivity index (χ2n) is 7.08. The molecule has 31 heavy (non-hydrogen) atoms. The Hall–Kier alpha value is -3.88. The molecule has 0 unspecified atom stereocenters. The number of hydrogen-bond acceptors (Lipinski definition) is 4. The first-order valence-corrected chi connectivity index (χ1v) is 9.45. The van der Waals surface area contributed by atoms with Crippen molar-refractivity contribution in [2.24, 2.45) is 5.73 Å². The number of ether oxygens (including phenoxy) is 2. The minimum absolute atomic E-state index is 0.289. The molecule has 7 nitrogen and oxygen atoms in total.